The van der Waals surface area contributed by atoms with Gasteiger partial charge in [-0.15, -0.1) is 0 Å². The summed E-state index contributed by atoms with van der Waals surface area (Å²) >= 11 is 0. The molecule has 0 fully saturated rings. The van der Waals surface area contributed by atoms with Crippen LogP contribution in [0.2, 0.25) is 0 Å². The van der Waals surface area contributed by atoms with E-state index in [0.717, 1.165) is 43.1 Å². The van der Waals surface area contributed by atoms with Crippen molar-refractivity contribution in [3.05, 3.63) is 17.7 Å². The fraction of sp³-hybridized carbons (Fsp3) is 0.562. The Kier molecular flexibility index (Phi) is 2.65. The number of fused-ring (bicyclic) bond motifs is 5. The third-order valence-electron chi connectivity index (χ3n) is 4.72. The Bertz CT molecular complexity index is 661. The molecule has 0 bridgehead atoms. The van der Waals surface area contributed by atoms with E-state index in [1.54, 1.807) is 0 Å². The summed E-state index contributed by atoms with van der Waals surface area (Å²) in [5, 5.41) is 3.48. The average molecular weight is 271 g/mol. The van der Waals surface area contributed by atoms with Gasteiger partial charge in [-0.25, -0.2) is 4.98 Å². The fourth-order valence-electron chi connectivity index (χ4n) is 3.41. The predicted molar refractivity (Wildman–Crippen MR) is 80.4 cm³/mol. The zero-order valence-electron chi connectivity index (χ0n) is 12.1. The fourth-order valence-corrected chi connectivity index (χ4v) is 3.41. The van der Waals surface area contributed by atoms with E-state index in [1.165, 1.54) is 17.5 Å². The number of benzene rings is 1. The molecule has 0 aliphatic carbocycles. The largest absolute Gasteiger partial charge is 0.490 e. The number of hydrogen-bond donors (Lipinski definition) is 1. The minimum absolute atomic E-state index is 0.334. The highest BCUT2D eigenvalue weighted by Crippen LogP contribution is 2.38. The number of rotatable bonds is 2. The molecule has 4 nitrogen and oxygen atoms in total. The quantitative estimate of drug-likeness (QED) is 0.911. The molecule has 20 heavy (non-hydrogen) atoms. The maximum atomic E-state index is 6.02. The van der Waals surface area contributed by atoms with Crippen LogP contribution in [-0.4, -0.2) is 22.2 Å². The summed E-state index contributed by atoms with van der Waals surface area (Å²) in [6.07, 6.45) is 3.62. The summed E-state index contributed by atoms with van der Waals surface area (Å²) in [6.45, 7) is 6.56. The summed E-state index contributed by atoms with van der Waals surface area (Å²) in [7, 11) is 0. The molecule has 0 saturated carbocycles. The van der Waals surface area contributed by atoms with Crippen molar-refractivity contribution in [2.45, 2.75) is 45.8 Å². The van der Waals surface area contributed by atoms with Crippen LogP contribution in [0.15, 0.2) is 12.1 Å². The van der Waals surface area contributed by atoms with Crippen molar-refractivity contribution in [2.75, 3.05) is 11.9 Å². The third kappa shape index (κ3) is 1.63. The first-order valence-electron chi connectivity index (χ1n) is 7.72. The normalized spacial score (nSPS) is 24.1. The zero-order chi connectivity index (χ0) is 13.7. The third-order valence-corrected chi connectivity index (χ3v) is 4.72. The molecule has 2 aliphatic rings. The lowest BCUT2D eigenvalue weighted by Crippen LogP contribution is -2.27. The van der Waals surface area contributed by atoms with Crippen LogP contribution >= 0.6 is 0 Å². The Morgan fingerprint density at radius 2 is 2.25 bits per heavy atom. The highest BCUT2D eigenvalue weighted by molar-refractivity contribution is 5.85. The summed E-state index contributed by atoms with van der Waals surface area (Å²) in [5.41, 5.74) is 3.74. The molecule has 0 amide bonds. The van der Waals surface area contributed by atoms with Crippen molar-refractivity contribution < 1.29 is 4.74 Å². The van der Waals surface area contributed by atoms with Crippen molar-refractivity contribution >= 4 is 17.0 Å². The molecule has 0 spiro atoms. The van der Waals surface area contributed by atoms with Gasteiger partial charge in [-0.3, -0.25) is 0 Å². The van der Waals surface area contributed by atoms with E-state index in [2.05, 4.69) is 35.9 Å². The highest BCUT2D eigenvalue weighted by atomic mass is 16.5. The van der Waals surface area contributed by atoms with E-state index in [4.69, 9.17) is 9.72 Å². The van der Waals surface area contributed by atoms with Crippen LogP contribution in [0.25, 0.3) is 11.0 Å². The number of imidazole rings is 1. The van der Waals surface area contributed by atoms with Gasteiger partial charge in [0, 0.05) is 25.1 Å². The van der Waals surface area contributed by atoms with E-state index >= 15 is 0 Å². The van der Waals surface area contributed by atoms with E-state index < -0.39 is 0 Å². The second-order valence-corrected chi connectivity index (χ2v) is 5.96. The zero-order valence-corrected chi connectivity index (χ0v) is 12.1. The molecule has 2 unspecified atom stereocenters. The van der Waals surface area contributed by atoms with Crippen molar-refractivity contribution in [2.24, 2.45) is 5.92 Å². The molecule has 106 valence electrons. The van der Waals surface area contributed by atoms with Gasteiger partial charge in [0.2, 0.25) is 5.95 Å². The van der Waals surface area contributed by atoms with Gasteiger partial charge in [0.15, 0.2) is 0 Å². The molecule has 0 saturated heterocycles. The van der Waals surface area contributed by atoms with Gasteiger partial charge >= 0.3 is 0 Å². The molecular weight excluding hydrogens is 250 g/mol. The molecule has 0 radical (unpaired) electrons. The van der Waals surface area contributed by atoms with Gasteiger partial charge in [-0.1, -0.05) is 13.8 Å². The Labute approximate surface area is 119 Å². The smallest absolute Gasteiger partial charge is 0.203 e. The van der Waals surface area contributed by atoms with E-state index in [-0.39, 0.29) is 0 Å². The molecule has 2 atom stereocenters. The van der Waals surface area contributed by atoms with E-state index in [1.807, 2.05) is 0 Å². The average Bonchev–Trinajstić information content (AvgIpc) is 3.06. The summed E-state index contributed by atoms with van der Waals surface area (Å²) in [5.74, 6) is 2.78. The molecule has 4 rings (SSSR count). The van der Waals surface area contributed by atoms with Gasteiger partial charge in [-0.2, -0.15) is 0 Å². The maximum Gasteiger partial charge on any atom is 0.203 e. The number of nitrogens with zero attached hydrogens (tertiary/aromatic N) is 2. The van der Waals surface area contributed by atoms with Gasteiger partial charge in [0.25, 0.3) is 0 Å². The highest BCUT2D eigenvalue weighted by Gasteiger charge is 2.28. The standard InChI is InChI=1S/C16H21N3O/c1-3-10-8-17-16-18-13-5-6-14-12(7-11(4-2)20-14)15(13)19(16)9-10/h5-6,10-11H,3-4,7-9H2,1-2H3,(H,17,18). The van der Waals surface area contributed by atoms with Crippen molar-refractivity contribution in [3.8, 4) is 5.75 Å². The topological polar surface area (TPSA) is 39.1 Å². The molecule has 1 aromatic carbocycles. The Morgan fingerprint density at radius 1 is 1.35 bits per heavy atom. The Hall–Kier alpha value is -1.71. The molecule has 1 N–H and O–H groups in total. The van der Waals surface area contributed by atoms with Crippen LogP contribution in [0.1, 0.15) is 32.3 Å². The van der Waals surface area contributed by atoms with Gasteiger partial charge < -0.3 is 14.6 Å². The van der Waals surface area contributed by atoms with Gasteiger partial charge in [0.1, 0.15) is 11.9 Å². The SMILES string of the molecule is CCC1CNc2nc3ccc4c(c3n2C1)CC(CC)O4. The first-order chi connectivity index (χ1) is 9.80. The van der Waals surface area contributed by atoms with Crippen LogP contribution in [0.5, 0.6) is 5.75 Å². The number of aromatic nitrogens is 2. The second-order valence-electron chi connectivity index (χ2n) is 5.96. The number of hydrogen-bond acceptors (Lipinski definition) is 3. The number of nitrogens with one attached hydrogen (secondary N) is 1. The van der Waals surface area contributed by atoms with Crippen LogP contribution in [-0.2, 0) is 13.0 Å². The first-order valence-corrected chi connectivity index (χ1v) is 7.72. The molecule has 2 aromatic rings. The lowest BCUT2D eigenvalue weighted by molar-refractivity contribution is 0.228. The summed E-state index contributed by atoms with van der Waals surface area (Å²) in [4.78, 5) is 4.75. The minimum Gasteiger partial charge on any atom is -0.490 e. The molecule has 4 heteroatoms. The lowest BCUT2D eigenvalue weighted by atomic mass is 10.0. The monoisotopic (exact) mass is 271 g/mol. The Morgan fingerprint density at radius 3 is 3.05 bits per heavy atom. The molecule has 1 aromatic heterocycles. The lowest BCUT2D eigenvalue weighted by Gasteiger charge is -2.24. The number of anilines is 1. The minimum atomic E-state index is 0.334. The molecular formula is C16H21N3O. The predicted octanol–water partition coefficient (Wildman–Crippen LogP) is 3.20. The first kappa shape index (κ1) is 12.1. The van der Waals surface area contributed by atoms with Crippen LogP contribution in [0.4, 0.5) is 5.95 Å². The second kappa shape index (κ2) is 4.40. The van der Waals surface area contributed by atoms with Crippen molar-refractivity contribution in [3.63, 3.8) is 0 Å². The van der Waals surface area contributed by atoms with Gasteiger partial charge in [-0.05, 0) is 30.9 Å². The van der Waals surface area contributed by atoms with Crippen molar-refractivity contribution in [1.29, 1.82) is 0 Å². The summed E-state index contributed by atoms with van der Waals surface area (Å²) in [6, 6.07) is 4.18. The molecule has 3 heterocycles. The summed E-state index contributed by atoms with van der Waals surface area (Å²) < 4.78 is 8.38. The maximum absolute atomic E-state index is 6.02. The number of ether oxygens (including phenoxy) is 1. The van der Waals surface area contributed by atoms with Crippen molar-refractivity contribution in [1.82, 2.24) is 9.55 Å². The van der Waals surface area contributed by atoms with Crippen LogP contribution < -0.4 is 10.1 Å². The van der Waals surface area contributed by atoms with Gasteiger partial charge in [0.05, 0.1) is 11.0 Å². The van der Waals surface area contributed by atoms with E-state index in [9.17, 15) is 0 Å². The van der Waals surface area contributed by atoms with Crippen LogP contribution in [0, 0.1) is 5.92 Å². The van der Waals surface area contributed by atoms with E-state index in [0.29, 0.717) is 12.0 Å². The van der Waals surface area contributed by atoms with Crippen LogP contribution in [0.3, 0.4) is 0 Å². The molecule has 2 aliphatic heterocycles. The Balaban J connectivity index is 1.87.